The average Bonchev–Trinajstić information content (AvgIpc) is 3.16. The first-order valence-corrected chi connectivity index (χ1v) is 23.7. The van der Waals surface area contributed by atoms with Crippen LogP contribution in [0.4, 0.5) is 0 Å². The second-order valence-corrected chi connectivity index (χ2v) is 17.5. The Labute approximate surface area is 352 Å². The molecule has 0 aliphatic rings. The lowest BCUT2D eigenvalue weighted by Gasteiger charge is -2.28. The van der Waals surface area contributed by atoms with Crippen molar-refractivity contribution in [1.82, 2.24) is 0 Å². The molecule has 0 fully saturated rings. The third-order valence-electron chi connectivity index (χ3n) is 9.24. The van der Waals surface area contributed by atoms with Crippen LogP contribution in [-0.2, 0) is 32.7 Å². The smallest absolute Gasteiger partial charge is 0.306 e. The van der Waals surface area contributed by atoms with E-state index in [0.717, 1.165) is 32.1 Å². The number of hydrogen-bond acceptors (Lipinski definition) is 10. The molecule has 336 valence electrons. The van der Waals surface area contributed by atoms with Crippen LogP contribution in [0.2, 0.25) is 0 Å². The zero-order chi connectivity index (χ0) is 43.2. The molecule has 2 N–H and O–H groups in total. The Morgan fingerprint density at radius 1 is 0.655 bits per heavy atom. The Kier molecular flexibility index (Phi) is 36.1. The van der Waals surface area contributed by atoms with E-state index < -0.39 is 44.7 Å². The Hall–Kier alpha value is -2.37. The normalized spacial score (nSPS) is 15.2. The second kappa shape index (κ2) is 37.6. The highest BCUT2D eigenvalue weighted by molar-refractivity contribution is 7.45. The molecular weight excluding hydrogens is 757 g/mol. The van der Waals surface area contributed by atoms with Gasteiger partial charge in [-0.25, -0.2) is 0 Å². The van der Waals surface area contributed by atoms with E-state index >= 15 is 0 Å². The Balaban J connectivity index is 4.62. The minimum Gasteiger partial charge on any atom is -0.756 e. The summed E-state index contributed by atoms with van der Waals surface area (Å²) in [6.07, 6.45) is 37.4. The molecule has 0 spiro atoms. The number of quaternary nitrogens is 1. The van der Waals surface area contributed by atoms with Gasteiger partial charge in [0.1, 0.15) is 19.8 Å². The average molecular weight is 840 g/mol. The molecule has 0 bridgehead atoms. The number of rotatable bonds is 39. The summed E-state index contributed by atoms with van der Waals surface area (Å²) in [6.45, 7) is 3.78. The number of hydrogen-bond donors (Lipinski definition) is 2. The van der Waals surface area contributed by atoms with E-state index in [1.165, 1.54) is 70.6 Å². The summed E-state index contributed by atoms with van der Waals surface area (Å²) < 4.78 is 33.7. The van der Waals surface area contributed by atoms with Crippen molar-refractivity contribution in [3.63, 3.8) is 0 Å². The number of aliphatic hydroxyl groups excluding tert-OH is 2. The fourth-order valence-corrected chi connectivity index (χ4v) is 6.44. The third-order valence-corrected chi connectivity index (χ3v) is 10.2. The zero-order valence-corrected chi connectivity index (χ0v) is 37.8. The minimum atomic E-state index is -4.70. The number of phosphoric ester groups is 1. The van der Waals surface area contributed by atoms with E-state index in [-0.39, 0.29) is 26.1 Å². The fraction of sp³-hybridized carbons (Fsp3) is 0.739. The van der Waals surface area contributed by atoms with Gasteiger partial charge in [-0.05, 0) is 38.5 Å². The van der Waals surface area contributed by atoms with E-state index in [4.69, 9.17) is 18.5 Å². The molecule has 0 amide bonds. The molecule has 4 unspecified atom stereocenters. The number of nitrogens with zero attached hydrogens (tertiary/aromatic N) is 1. The fourth-order valence-electron chi connectivity index (χ4n) is 5.71. The lowest BCUT2D eigenvalue weighted by molar-refractivity contribution is -0.870. The van der Waals surface area contributed by atoms with Crippen LogP contribution in [0.1, 0.15) is 155 Å². The molecule has 0 aromatic heterocycles. The standard InChI is InChI=1S/C46H82NO10P/c1-6-8-10-12-14-15-16-17-18-19-20-21-22-24-30-36-45(50)54-40-44(41-56-58(52,53)55-39-38-47(3,4)5)57-46(51)37-31-35-43(49)34-29-26-25-28-33-42(48)32-27-23-13-11-9-7-2/h9,11,23,25-29,33-34,42-44,48-49H,6-8,10,12-22,24,30-32,35-41H2,1-5H3/b11-9-,26-25-,27-23-,33-28+,34-29+. The molecular formula is C46H82NO10P. The summed E-state index contributed by atoms with van der Waals surface area (Å²) in [5.41, 5.74) is 0. The van der Waals surface area contributed by atoms with Gasteiger partial charge in [0.2, 0.25) is 0 Å². The lowest BCUT2D eigenvalue weighted by Crippen LogP contribution is -2.37. The number of esters is 2. The third kappa shape index (κ3) is 40.4. The highest BCUT2D eigenvalue weighted by Crippen LogP contribution is 2.38. The van der Waals surface area contributed by atoms with Crippen molar-refractivity contribution in [3.05, 3.63) is 60.8 Å². The van der Waals surface area contributed by atoms with Crippen LogP contribution >= 0.6 is 7.82 Å². The SMILES string of the molecule is CC/C=C\C/C=C\CC(O)/C=C/C=C\C=C\C(O)CCCC(=O)OC(COC(=O)CCCCCCCCCCCCCCCCC)COP(=O)([O-])OCC[N+](C)(C)C. The van der Waals surface area contributed by atoms with Gasteiger partial charge in [-0.15, -0.1) is 0 Å². The molecule has 0 saturated heterocycles. The van der Waals surface area contributed by atoms with Crippen LogP contribution in [0.25, 0.3) is 0 Å². The van der Waals surface area contributed by atoms with Gasteiger partial charge in [-0.3, -0.25) is 14.2 Å². The number of likely N-dealkylation sites (N-methyl/N-ethyl adjacent to an activating group) is 1. The number of ether oxygens (including phenoxy) is 2. The van der Waals surface area contributed by atoms with Gasteiger partial charge in [0.25, 0.3) is 7.82 Å². The van der Waals surface area contributed by atoms with Crippen molar-refractivity contribution in [2.75, 3.05) is 47.5 Å². The van der Waals surface area contributed by atoms with Gasteiger partial charge < -0.3 is 38.1 Å². The van der Waals surface area contributed by atoms with Crippen LogP contribution < -0.4 is 4.89 Å². The van der Waals surface area contributed by atoms with Gasteiger partial charge in [-0.1, -0.05) is 164 Å². The topological polar surface area (TPSA) is 152 Å². The van der Waals surface area contributed by atoms with E-state index in [9.17, 15) is 29.3 Å². The molecule has 0 heterocycles. The molecule has 0 aliphatic heterocycles. The van der Waals surface area contributed by atoms with Crippen molar-refractivity contribution in [1.29, 1.82) is 0 Å². The van der Waals surface area contributed by atoms with Crippen LogP contribution in [0, 0.1) is 0 Å². The molecule has 0 aliphatic carbocycles. The van der Waals surface area contributed by atoms with Crippen molar-refractivity contribution in [2.45, 2.75) is 173 Å². The highest BCUT2D eigenvalue weighted by Gasteiger charge is 2.22. The van der Waals surface area contributed by atoms with Gasteiger partial charge in [0.05, 0.1) is 40.0 Å². The molecule has 0 rings (SSSR count). The molecule has 58 heavy (non-hydrogen) atoms. The molecule has 0 saturated carbocycles. The monoisotopic (exact) mass is 840 g/mol. The van der Waals surface area contributed by atoms with Crippen LogP contribution in [0.5, 0.6) is 0 Å². The maximum Gasteiger partial charge on any atom is 0.306 e. The first-order chi connectivity index (χ1) is 27.8. The van der Waals surface area contributed by atoms with Gasteiger partial charge in [0.15, 0.2) is 6.10 Å². The molecule has 0 aromatic rings. The van der Waals surface area contributed by atoms with E-state index in [2.05, 4.69) is 26.0 Å². The summed E-state index contributed by atoms with van der Waals surface area (Å²) in [5, 5.41) is 20.3. The van der Waals surface area contributed by atoms with Gasteiger partial charge >= 0.3 is 11.9 Å². The minimum absolute atomic E-state index is 0.0384. The zero-order valence-electron chi connectivity index (χ0n) is 36.9. The Bertz CT molecular complexity index is 1210. The van der Waals surface area contributed by atoms with Crippen molar-refractivity contribution in [3.8, 4) is 0 Å². The molecule has 4 atom stereocenters. The predicted molar refractivity (Wildman–Crippen MR) is 234 cm³/mol. The number of carbonyl (C=O) groups is 2. The number of allylic oxidation sites excluding steroid dienone is 7. The summed E-state index contributed by atoms with van der Waals surface area (Å²) in [6, 6.07) is 0. The molecule has 12 heteroatoms. The Morgan fingerprint density at radius 3 is 1.76 bits per heavy atom. The van der Waals surface area contributed by atoms with Gasteiger partial charge in [0, 0.05) is 12.8 Å². The number of unbranched alkanes of at least 4 members (excludes halogenated alkanes) is 14. The van der Waals surface area contributed by atoms with Crippen LogP contribution in [0.3, 0.4) is 0 Å². The molecule has 11 nitrogen and oxygen atoms in total. The van der Waals surface area contributed by atoms with Crippen LogP contribution in [-0.4, -0.2) is 92.5 Å². The summed E-state index contributed by atoms with van der Waals surface area (Å²) in [4.78, 5) is 37.6. The van der Waals surface area contributed by atoms with E-state index in [1.807, 2.05) is 33.3 Å². The number of phosphoric acid groups is 1. The number of aliphatic hydroxyl groups is 2. The maximum atomic E-state index is 12.7. The molecule has 0 aromatic carbocycles. The van der Waals surface area contributed by atoms with Crippen LogP contribution in [0.15, 0.2) is 60.8 Å². The van der Waals surface area contributed by atoms with Gasteiger partial charge in [-0.2, -0.15) is 0 Å². The van der Waals surface area contributed by atoms with E-state index in [1.54, 1.807) is 36.5 Å². The summed E-state index contributed by atoms with van der Waals surface area (Å²) in [5.74, 6) is -1.08. The second-order valence-electron chi connectivity index (χ2n) is 16.1. The Morgan fingerprint density at radius 2 is 1.19 bits per heavy atom. The quantitative estimate of drug-likeness (QED) is 0.0153. The predicted octanol–water partition coefficient (Wildman–Crippen LogP) is 9.77. The largest absolute Gasteiger partial charge is 0.756 e. The summed E-state index contributed by atoms with van der Waals surface area (Å²) >= 11 is 0. The lowest BCUT2D eigenvalue weighted by atomic mass is 10.0. The first kappa shape index (κ1) is 55.6. The maximum absolute atomic E-state index is 12.7. The first-order valence-electron chi connectivity index (χ1n) is 22.2. The van der Waals surface area contributed by atoms with Crippen molar-refractivity contribution < 1.29 is 52.3 Å². The van der Waals surface area contributed by atoms with E-state index in [0.29, 0.717) is 36.7 Å². The molecule has 0 radical (unpaired) electrons. The summed E-state index contributed by atoms with van der Waals surface area (Å²) in [7, 11) is 1.00. The highest BCUT2D eigenvalue weighted by atomic mass is 31.2. The van der Waals surface area contributed by atoms with Crippen molar-refractivity contribution in [2.24, 2.45) is 0 Å². The van der Waals surface area contributed by atoms with Crippen molar-refractivity contribution >= 4 is 19.8 Å². The number of carbonyl (C=O) groups excluding carboxylic acids is 2.